The van der Waals surface area contributed by atoms with Crippen LogP contribution in [-0.2, 0) is 6.42 Å². The molecule has 1 aromatic heterocycles. The summed E-state index contributed by atoms with van der Waals surface area (Å²) in [6.45, 7) is 0. The van der Waals surface area contributed by atoms with Crippen LogP contribution in [0.1, 0.15) is 33.7 Å². The van der Waals surface area contributed by atoms with Crippen molar-refractivity contribution in [3.8, 4) is 0 Å². The Morgan fingerprint density at radius 3 is 2.94 bits per heavy atom. The number of halogens is 1. The second-order valence-corrected chi connectivity index (χ2v) is 4.64. The Kier molecular flexibility index (Phi) is 2.76. The summed E-state index contributed by atoms with van der Waals surface area (Å²) >= 11 is 5.50. The van der Waals surface area contributed by atoms with E-state index in [1.165, 1.54) is 5.56 Å². The predicted molar refractivity (Wildman–Crippen MR) is 71.4 cm³/mol. The maximum Gasteiger partial charge on any atom is 0.252 e. The van der Waals surface area contributed by atoms with E-state index in [-0.39, 0.29) is 0 Å². The van der Waals surface area contributed by atoms with Gasteiger partial charge >= 0.3 is 0 Å². The van der Waals surface area contributed by atoms with Gasteiger partial charge in [-0.1, -0.05) is 6.07 Å². The van der Waals surface area contributed by atoms with E-state index in [4.69, 9.17) is 11.6 Å². The van der Waals surface area contributed by atoms with Crippen molar-refractivity contribution < 1.29 is 4.79 Å². The van der Waals surface area contributed by atoms with E-state index in [9.17, 15) is 4.79 Å². The van der Waals surface area contributed by atoms with Crippen molar-refractivity contribution in [2.45, 2.75) is 12.8 Å². The number of nitrogens with zero attached hydrogens (tertiary/aromatic N) is 1. The van der Waals surface area contributed by atoms with Gasteiger partial charge in [-0.15, -0.1) is 0 Å². The topological polar surface area (TPSA) is 45.8 Å². The second kappa shape index (κ2) is 4.42. The first-order valence-corrected chi connectivity index (χ1v) is 6.15. The van der Waals surface area contributed by atoms with Crippen molar-refractivity contribution in [2.75, 3.05) is 0 Å². The van der Waals surface area contributed by atoms with Gasteiger partial charge in [-0.25, -0.2) is 4.98 Å². The number of benzene rings is 1. The summed E-state index contributed by atoms with van der Waals surface area (Å²) in [7, 11) is 0. The number of hydrogen-bond acceptors (Lipinski definition) is 2. The lowest BCUT2D eigenvalue weighted by molar-refractivity contribution is 0.108. The van der Waals surface area contributed by atoms with Gasteiger partial charge in [0.1, 0.15) is 5.82 Å². The highest BCUT2D eigenvalue weighted by molar-refractivity contribution is 6.67. The van der Waals surface area contributed by atoms with Crippen LogP contribution < -0.4 is 0 Å². The van der Waals surface area contributed by atoms with Gasteiger partial charge < -0.3 is 4.98 Å². The summed E-state index contributed by atoms with van der Waals surface area (Å²) in [6.07, 6.45) is 7.53. The molecule has 90 valence electrons. The molecule has 18 heavy (non-hydrogen) atoms. The van der Waals surface area contributed by atoms with E-state index in [1.54, 1.807) is 12.3 Å². The maximum atomic E-state index is 11.2. The predicted octanol–water partition coefficient (Wildman–Crippen LogP) is 3.28. The Morgan fingerprint density at radius 2 is 2.22 bits per heavy atom. The van der Waals surface area contributed by atoms with Crippen molar-refractivity contribution in [1.29, 1.82) is 0 Å². The highest BCUT2D eigenvalue weighted by atomic mass is 35.5. The molecule has 1 aromatic carbocycles. The first kappa shape index (κ1) is 11.2. The van der Waals surface area contributed by atoms with Crippen LogP contribution in [0, 0.1) is 0 Å². The summed E-state index contributed by atoms with van der Waals surface area (Å²) in [6, 6.07) is 5.59. The van der Waals surface area contributed by atoms with Crippen LogP contribution in [0.2, 0.25) is 0 Å². The van der Waals surface area contributed by atoms with Crippen LogP contribution in [0.15, 0.2) is 30.6 Å². The largest absolute Gasteiger partial charge is 0.345 e. The number of aromatic nitrogens is 2. The van der Waals surface area contributed by atoms with Gasteiger partial charge in [-0.05, 0) is 59.4 Å². The molecule has 3 nitrogen and oxygen atoms in total. The molecule has 0 unspecified atom stereocenters. The number of rotatable bonds is 2. The zero-order chi connectivity index (χ0) is 12.5. The Balaban J connectivity index is 2.05. The van der Waals surface area contributed by atoms with Crippen molar-refractivity contribution in [3.05, 3.63) is 53.1 Å². The Morgan fingerprint density at radius 1 is 1.33 bits per heavy atom. The molecule has 0 radical (unpaired) electrons. The number of H-pyrrole nitrogens is 1. The van der Waals surface area contributed by atoms with Crippen LogP contribution in [0.5, 0.6) is 0 Å². The number of carbonyl (C=O) groups excluding carboxylic acids is 1. The van der Waals surface area contributed by atoms with Gasteiger partial charge in [0.05, 0.1) is 0 Å². The number of nitrogens with one attached hydrogen (secondary N) is 1. The Hall–Kier alpha value is -1.87. The average molecular weight is 259 g/mol. The summed E-state index contributed by atoms with van der Waals surface area (Å²) in [4.78, 5) is 18.5. The smallest absolute Gasteiger partial charge is 0.252 e. The van der Waals surface area contributed by atoms with Crippen molar-refractivity contribution in [1.82, 2.24) is 9.97 Å². The van der Waals surface area contributed by atoms with Gasteiger partial charge in [-0.2, -0.15) is 0 Å². The monoisotopic (exact) mass is 258 g/mol. The van der Waals surface area contributed by atoms with E-state index in [2.05, 4.69) is 16.0 Å². The molecule has 2 aromatic rings. The first-order chi connectivity index (χ1) is 8.74. The molecule has 0 saturated heterocycles. The van der Waals surface area contributed by atoms with Crippen LogP contribution in [0.25, 0.3) is 11.6 Å². The fourth-order valence-electron chi connectivity index (χ4n) is 2.24. The number of imidazole rings is 1. The molecule has 0 saturated carbocycles. The molecule has 0 spiro atoms. The minimum Gasteiger partial charge on any atom is -0.345 e. The fourth-order valence-corrected chi connectivity index (χ4v) is 2.35. The van der Waals surface area contributed by atoms with Gasteiger partial charge in [0.2, 0.25) is 0 Å². The SMILES string of the molecule is O=C(Cl)c1ccc2c(c1)C=C(c1ncc[nH]1)CC2. The fraction of sp³-hybridized carbons (Fsp3) is 0.143. The zero-order valence-corrected chi connectivity index (χ0v) is 10.4. The minimum absolute atomic E-state index is 0.420. The van der Waals surface area contributed by atoms with Crippen LogP contribution in [0.3, 0.4) is 0 Å². The van der Waals surface area contributed by atoms with E-state index >= 15 is 0 Å². The summed E-state index contributed by atoms with van der Waals surface area (Å²) in [5.74, 6) is 0.892. The van der Waals surface area contributed by atoms with Crippen LogP contribution in [-0.4, -0.2) is 15.2 Å². The number of aromatic amines is 1. The van der Waals surface area contributed by atoms with Crippen molar-refractivity contribution in [2.24, 2.45) is 0 Å². The molecular weight excluding hydrogens is 248 g/mol. The zero-order valence-electron chi connectivity index (χ0n) is 9.61. The van der Waals surface area contributed by atoms with Crippen LogP contribution >= 0.6 is 11.6 Å². The molecule has 0 bridgehead atoms. The van der Waals surface area contributed by atoms with E-state index in [0.717, 1.165) is 29.8 Å². The highest BCUT2D eigenvalue weighted by Gasteiger charge is 2.14. The van der Waals surface area contributed by atoms with Gasteiger partial charge in [-0.3, -0.25) is 4.79 Å². The molecule has 0 amide bonds. The summed E-state index contributed by atoms with van der Waals surface area (Å²) in [5.41, 5.74) is 3.99. The highest BCUT2D eigenvalue weighted by Crippen LogP contribution is 2.29. The third-order valence-corrected chi connectivity index (χ3v) is 3.39. The molecule has 0 fully saturated rings. The normalized spacial score (nSPS) is 13.9. The number of aryl methyl sites for hydroxylation is 1. The van der Waals surface area contributed by atoms with E-state index in [1.807, 2.05) is 18.3 Å². The standard InChI is InChI=1S/C14H11ClN2O/c15-13(18)10-3-1-9-2-4-11(8-12(9)7-10)14-16-5-6-17-14/h1,3,5-8H,2,4H2,(H,16,17). The van der Waals surface area contributed by atoms with E-state index in [0.29, 0.717) is 5.56 Å². The summed E-state index contributed by atoms with van der Waals surface area (Å²) in [5, 5.41) is -0.420. The maximum absolute atomic E-state index is 11.2. The Labute approximate surface area is 110 Å². The molecule has 3 rings (SSSR count). The van der Waals surface area contributed by atoms with Gasteiger partial charge in [0, 0.05) is 18.0 Å². The lowest BCUT2D eigenvalue weighted by Gasteiger charge is -2.15. The van der Waals surface area contributed by atoms with E-state index < -0.39 is 5.24 Å². The molecule has 4 heteroatoms. The molecule has 0 aliphatic heterocycles. The summed E-state index contributed by atoms with van der Waals surface area (Å²) < 4.78 is 0. The third-order valence-electron chi connectivity index (χ3n) is 3.17. The number of allylic oxidation sites excluding steroid dienone is 1. The number of hydrogen-bond donors (Lipinski definition) is 1. The molecule has 1 aliphatic rings. The molecular formula is C14H11ClN2O. The lowest BCUT2D eigenvalue weighted by Crippen LogP contribution is -2.02. The molecule has 1 heterocycles. The molecule has 1 aliphatic carbocycles. The average Bonchev–Trinajstić information content (AvgIpc) is 2.91. The first-order valence-electron chi connectivity index (χ1n) is 5.77. The molecule has 1 N–H and O–H groups in total. The van der Waals surface area contributed by atoms with Crippen molar-refractivity contribution >= 4 is 28.5 Å². The second-order valence-electron chi connectivity index (χ2n) is 4.29. The van der Waals surface area contributed by atoms with Gasteiger partial charge in [0.25, 0.3) is 5.24 Å². The number of carbonyl (C=O) groups is 1. The lowest BCUT2D eigenvalue weighted by atomic mass is 9.91. The van der Waals surface area contributed by atoms with Crippen molar-refractivity contribution in [3.63, 3.8) is 0 Å². The molecule has 0 atom stereocenters. The van der Waals surface area contributed by atoms with Gasteiger partial charge in [0.15, 0.2) is 0 Å². The van der Waals surface area contributed by atoms with Crippen LogP contribution in [0.4, 0.5) is 0 Å². The minimum atomic E-state index is -0.420. The number of fused-ring (bicyclic) bond motifs is 1. The quantitative estimate of drug-likeness (QED) is 0.841. The third kappa shape index (κ3) is 1.97. The Bertz CT molecular complexity index is 629.